The van der Waals surface area contributed by atoms with Gasteiger partial charge in [0.25, 0.3) is 5.91 Å². The lowest BCUT2D eigenvalue weighted by Crippen LogP contribution is -2.44. The number of likely N-dealkylation sites (N-methyl/N-ethyl adjacent to an activating group) is 1. The van der Waals surface area contributed by atoms with E-state index in [0.29, 0.717) is 16.6 Å². The molecule has 0 atom stereocenters. The molecule has 1 amide bonds. The van der Waals surface area contributed by atoms with Gasteiger partial charge in [-0.1, -0.05) is 23.7 Å². The quantitative estimate of drug-likeness (QED) is 0.624. The van der Waals surface area contributed by atoms with Gasteiger partial charge in [0.1, 0.15) is 9.98 Å². The Kier molecular flexibility index (Phi) is 6.04. The number of nitrogens with one attached hydrogen (secondary N) is 1. The molecule has 1 saturated heterocycles. The van der Waals surface area contributed by atoms with Gasteiger partial charge >= 0.3 is 0 Å². The largest absolute Gasteiger partial charge is 0.369 e. The minimum Gasteiger partial charge on any atom is -0.369 e. The summed E-state index contributed by atoms with van der Waals surface area (Å²) in [4.78, 5) is 23.2. The van der Waals surface area contributed by atoms with E-state index in [1.807, 2.05) is 13.0 Å². The number of carbonyl (C=O) groups is 1. The Morgan fingerprint density at radius 3 is 2.59 bits per heavy atom. The van der Waals surface area contributed by atoms with Crippen LogP contribution in [-0.2, 0) is 6.42 Å². The highest BCUT2D eigenvalue weighted by atomic mass is 35.5. The summed E-state index contributed by atoms with van der Waals surface area (Å²) in [6.07, 6.45) is 0.808. The molecule has 3 aromatic rings. The Morgan fingerprint density at radius 1 is 1.14 bits per heavy atom. The first-order chi connectivity index (χ1) is 14.0. The molecule has 1 N–H and O–H groups in total. The standard InChI is InChI=1S/C22H25ClN4OS/c1-15-18-7-8-19(23)25-22(18)29-20(15)21(28)24-10-9-16-3-5-17(6-4-16)27-13-11-26(2)12-14-27/h3-8H,9-14H2,1-2H3,(H,24,28). The van der Waals surface area contributed by atoms with Crippen molar-refractivity contribution in [3.8, 4) is 0 Å². The van der Waals surface area contributed by atoms with E-state index < -0.39 is 0 Å². The number of rotatable bonds is 5. The van der Waals surface area contributed by atoms with Crippen LogP contribution in [0.5, 0.6) is 0 Å². The number of hydrogen-bond acceptors (Lipinski definition) is 5. The monoisotopic (exact) mass is 428 g/mol. The van der Waals surface area contributed by atoms with Gasteiger partial charge in [0.05, 0.1) is 4.88 Å². The molecule has 7 heteroatoms. The first-order valence-electron chi connectivity index (χ1n) is 9.87. The Balaban J connectivity index is 1.33. The number of thiophene rings is 1. The molecular formula is C22H25ClN4OS. The second-order valence-electron chi connectivity index (χ2n) is 7.51. The highest BCUT2D eigenvalue weighted by Gasteiger charge is 2.16. The van der Waals surface area contributed by atoms with Crippen molar-refractivity contribution in [1.82, 2.24) is 15.2 Å². The van der Waals surface area contributed by atoms with Gasteiger partial charge in [-0.2, -0.15) is 0 Å². The third kappa shape index (κ3) is 4.55. The van der Waals surface area contributed by atoms with Crippen LogP contribution in [-0.4, -0.2) is 55.6 Å². The summed E-state index contributed by atoms with van der Waals surface area (Å²) in [6, 6.07) is 12.4. The predicted octanol–water partition coefficient (Wildman–Crippen LogP) is 3.98. The van der Waals surface area contributed by atoms with Crippen molar-refractivity contribution >= 4 is 44.7 Å². The van der Waals surface area contributed by atoms with Crippen LogP contribution < -0.4 is 10.2 Å². The molecule has 0 spiro atoms. The minimum absolute atomic E-state index is 0.0457. The fourth-order valence-electron chi connectivity index (χ4n) is 3.63. The number of piperazine rings is 1. The van der Waals surface area contributed by atoms with Gasteiger partial charge in [0.2, 0.25) is 0 Å². The van der Waals surface area contributed by atoms with Crippen molar-refractivity contribution in [3.05, 3.63) is 57.6 Å². The Morgan fingerprint density at radius 2 is 1.86 bits per heavy atom. The number of pyridine rings is 1. The minimum atomic E-state index is -0.0457. The zero-order chi connectivity index (χ0) is 20.4. The van der Waals surface area contributed by atoms with Crippen LogP contribution in [0.25, 0.3) is 10.2 Å². The van der Waals surface area contributed by atoms with E-state index in [-0.39, 0.29) is 5.91 Å². The van der Waals surface area contributed by atoms with Crippen LogP contribution in [0.15, 0.2) is 36.4 Å². The molecule has 4 rings (SSSR count). The third-order valence-electron chi connectivity index (χ3n) is 5.48. The highest BCUT2D eigenvalue weighted by Crippen LogP contribution is 2.30. The van der Waals surface area contributed by atoms with Gasteiger partial charge in [-0.05, 0) is 55.8 Å². The molecule has 1 aliphatic rings. The summed E-state index contributed by atoms with van der Waals surface area (Å²) in [6.45, 7) is 6.91. The molecule has 2 aromatic heterocycles. The van der Waals surface area contributed by atoms with E-state index >= 15 is 0 Å². The topological polar surface area (TPSA) is 48.5 Å². The fraction of sp³-hybridized carbons (Fsp3) is 0.364. The molecule has 0 bridgehead atoms. The molecule has 0 saturated carbocycles. The lowest BCUT2D eigenvalue weighted by atomic mass is 10.1. The van der Waals surface area contributed by atoms with Gasteiger partial charge in [-0.15, -0.1) is 11.3 Å². The second kappa shape index (κ2) is 8.69. The van der Waals surface area contributed by atoms with Crippen molar-refractivity contribution in [2.45, 2.75) is 13.3 Å². The lowest BCUT2D eigenvalue weighted by Gasteiger charge is -2.34. The van der Waals surface area contributed by atoms with Crippen molar-refractivity contribution in [3.63, 3.8) is 0 Å². The average molecular weight is 429 g/mol. The zero-order valence-electron chi connectivity index (χ0n) is 16.7. The van der Waals surface area contributed by atoms with Gasteiger partial charge in [-0.25, -0.2) is 4.98 Å². The zero-order valence-corrected chi connectivity index (χ0v) is 18.3. The van der Waals surface area contributed by atoms with Gasteiger partial charge in [0, 0.05) is 43.8 Å². The van der Waals surface area contributed by atoms with Crippen LogP contribution in [0.4, 0.5) is 5.69 Å². The molecular weight excluding hydrogens is 404 g/mol. The third-order valence-corrected chi connectivity index (χ3v) is 6.89. The molecule has 29 heavy (non-hydrogen) atoms. The highest BCUT2D eigenvalue weighted by molar-refractivity contribution is 7.20. The van der Waals surface area contributed by atoms with E-state index in [0.717, 1.165) is 48.4 Å². The Hall–Kier alpha value is -2.15. The molecule has 0 radical (unpaired) electrons. The number of halogens is 1. The second-order valence-corrected chi connectivity index (χ2v) is 8.89. The van der Waals surface area contributed by atoms with E-state index in [9.17, 15) is 4.79 Å². The molecule has 1 aromatic carbocycles. The number of aryl methyl sites for hydroxylation is 1. The van der Waals surface area contributed by atoms with Crippen molar-refractivity contribution < 1.29 is 4.79 Å². The van der Waals surface area contributed by atoms with Crippen LogP contribution in [0, 0.1) is 6.92 Å². The summed E-state index contributed by atoms with van der Waals surface area (Å²) in [5, 5.41) is 4.48. The average Bonchev–Trinajstić information content (AvgIpc) is 3.05. The fourth-order valence-corrected chi connectivity index (χ4v) is 4.93. The first kappa shape index (κ1) is 20.1. The summed E-state index contributed by atoms with van der Waals surface area (Å²) in [5.41, 5.74) is 3.46. The van der Waals surface area contributed by atoms with Gasteiger partial charge in [0.15, 0.2) is 0 Å². The number of carbonyl (C=O) groups excluding carboxylic acids is 1. The first-order valence-corrected chi connectivity index (χ1v) is 11.1. The number of anilines is 1. The van der Waals surface area contributed by atoms with E-state index in [1.165, 1.54) is 22.6 Å². The smallest absolute Gasteiger partial charge is 0.261 e. The molecule has 1 aliphatic heterocycles. The van der Waals surface area contributed by atoms with Crippen molar-refractivity contribution in [2.24, 2.45) is 0 Å². The molecule has 5 nitrogen and oxygen atoms in total. The Bertz CT molecular complexity index is 1010. The van der Waals surface area contributed by atoms with Crippen LogP contribution in [0.2, 0.25) is 5.15 Å². The number of benzene rings is 1. The summed E-state index contributed by atoms with van der Waals surface area (Å²) in [5.74, 6) is -0.0457. The molecule has 0 aliphatic carbocycles. The van der Waals surface area contributed by atoms with Crippen LogP contribution in [0.3, 0.4) is 0 Å². The predicted molar refractivity (Wildman–Crippen MR) is 122 cm³/mol. The number of fused-ring (bicyclic) bond motifs is 1. The van der Waals surface area contributed by atoms with Crippen molar-refractivity contribution in [2.75, 3.05) is 44.7 Å². The molecule has 152 valence electrons. The summed E-state index contributed by atoms with van der Waals surface area (Å²) < 4.78 is 0. The number of nitrogens with zero attached hydrogens (tertiary/aromatic N) is 3. The van der Waals surface area contributed by atoms with E-state index in [2.05, 4.69) is 51.4 Å². The van der Waals surface area contributed by atoms with Crippen LogP contribution >= 0.6 is 22.9 Å². The molecule has 0 unspecified atom stereocenters. The lowest BCUT2D eigenvalue weighted by molar-refractivity contribution is 0.0957. The van der Waals surface area contributed by atoms with Crippen LogP contribution in [0.1, 0.15) is 20.8 Å². The number of aromatic nitrogens is 1. The SMILES string of the molecule is Cc1c(C(=O)NCCc2ccc(N3CCN(C)CC3)cc2)sc2nc(Cl)ccc12. The maximum atomic E-state index is 12.6. The van der Waals surface area contributed by atoms with Crippen molar-refractivity contribution in [1.29, 1.82) is 0 Å². The van der Waals surface area contributed by atoms with E-state index in [1.54, 1.807) is 6.07 Å². The van der Waals surface area contributed by atoms with E-state index in [4.69, 9.17) is 11.6 Å². The van der Waals surface area contributed by atoms with Gasteiger partial charge < -0.3 is 15.1 Å². The maximum absolute atomic E-state index is 12.6. The number of amides is 1. The maximum Gasteiger partial charge on any atom is 0.261 e. The normalized spacial score (nSPS) is 15.1. The summed E-state index contributed by atoms with van der Waals surface area (Å²) in [7, 11) is 2.17. The Labute approximate surface area is 180 Å². The molecule has 3 heterocycles. The summed E-state index contributed by atoms with van der Waals surface area (Å²) >= 11 is 7.36. The van der Waals surface area contributed by atoms with Gasteiger partial charge in [-0.3, -0.25) is 4.79 Å². The molecule has 1 fully saturated rings. The number of hydrogen-bond donors (Lipinski definition) is 1.